The van der Waals surface area contributed by atoms with Crippen molar-refractivity contribution < 1.29 is 29.0 Å². The van der Waals surface area contributed by atoms with Crippen molar-refractivity contribution in [3.63, 3.8) is 0 Å². The molecule has 2 rings (SSSR count). The number of ether oxygens (including phenoxy) is 1. The second-order valence-corrected chi connectivity index (χ2v) is 12.3. The number of aliphatic hydroxyl groups is 1. The Labute approximate surface area is 219 Å². The molecule has 0 aliphatic carbocycles. The molecule has 2 aliphatic heterocycles. The maximum atomic E-state index is 13.3. The van der Waals surface area contributed by atoms with E-state index in [4.69, 9.17) is 4.74 Å². The number of carbonyl (C=O) groups is 4. The van der Waals surface area contributed by atoms with Gasteiger partial charge in [-0.15, -0.1) is 0 Å². The van der Waals surface area contributed by atoms with Crippen molar-refractivity contribution in [1.29, 1.82) is 0 Å². The van der Waals surface area contributed by atoms with Gasteiger partial charge in [0.05, 0.1) is 25.0 Å². The number of nitrogens with one attached hydrogen (secondary N) is 3. The number of allylic oxidation sites excluding steroid dienone is 1. The Balaban J connectivity index is 2.46. The Hall–Kier alpha value is -1.37. The van der Waals surface area contributed by atoms with E-state index >= 15 is 0 Å². The molecule has 0 radical (unpaired) electrons. The van der Waals surface area contributed by atoms with Gasteiger partial charge in [-0.25, -0.2) is 0 Å². The van der Waals surface area contributed by atoms with Crippen LogP contribution in [0.5, 0.6) is 0 Å². The van der Waals surface area contributed by atoms with Crippen LogP contribution in [-0.4, -0.2) is 76.2 Å². The number of rotatable bonds is 5. The lowest BCUT2D eigenvalue weighted by atomic mass is 9.92. The summed E-state index contributed by atoms with van der Waals surface area (Å²) in [5.41, 5.74) is 0. The largest absolute Gasteiger partial charge is 0.457 e. The third-order valence-electron chi connectivity index (χ3n) is 5.91. The van der Waals surface area contributed by atoms with Crippen molar-refractivity contribution in [2.45, 2.75) is 82.0 Å². The molecule has 2 bridgehead atoms. The van der Waals surface area contributed by atoms with Gasteiger partial charge in [-0.2, -0.15) is 11.8 Å². The molecule has 35 heavy (non-hydrogen) atoms. The highest BCUT2D eigenvalue weighted by molar-refractivity contribution is 8.77. The van der Waals surface area contributed by atoms with E-state index in [2.05, 4.69) is 16.0 Å². The maximum absolute atomic E-state index is 13.3. The third-order valence-corrected chi connectivity index (χ3v) is 9.16. The minimum atomic E-state index is -1.18. The van der Waals surface area contributed by atoms with Crippen LogP contribution in [0.3, 0.4) is 0 Å². The van der Waals surface area contributed by atoms with E-state index in [1.807, 2.05) is 26.2 Å². The topological polar surface area (TPSA) is 134 Å². The van der Waals surface area contributed by atoms with Crippen molar-refractivity contribution in [2.24, 2.45) is 5.92 Å². The number of carbonyl (C=O) groups excluding carboxylic acids is 4. The lowest BCUT2D eigenvalue weighted by Crippen LogP contribution is -2.56. The van der Waals surface area contributed by atoms with Crippen LogP contribution in [0, 0.1) is 5.92 Å². The number of fused-ring (bicyclic) bond motifs is 7. The van der Waals surface area contributed by atoms with Crippen molar-refractivity contribution in [1.82, 2.24) is 16.0 Å². The average Bonchev–Trinajstić information content (AvgIpc) is 2.81. The second-order valence-electron chi connectivity index (χ2n) is 8.70. The SMILES string of the molecule is CC[C@H](C)[C@@H]1NC(=O)[C@@H]2NC(=O)[C@H](CCSC)NC(=O)C[C@@H](/C=C\CCCSS2)OC(=O)C[C@@H]1O. The first kappa shape index (κ1) is 29.9. The molecule has 1 saturated heterocycles. The Morgan fingerprint density at radius 2 is 1.94 bits per heavy atom. The molecule has 0 aromatic carbocycles. The molecule has 2 aliphatic rings. The van der Waals surface area contributed by atoms with Crippen LogP contribution in [0.25, 0.3) is 0 Å². The van der Waals surface area contributed by atoms with Gasteiger partial charge in [0.15, 0.2) is 5.37 Å². The molecule has 9 nitrogen and oxygen atoms in total. The molecular weight excluding hydrogens is 510 g/mol. The molecule has 0 spiro atoms. The van der Waals surface area contributed by atoms with Gasteiger partial charge in [0, 0.05) is 5.75 Å². The monoisotopic (exact) mass is 547 g/mol. The summed E-state index contributed by atoms with van der Waals surface area (Å²) in [4.78, 5) is 51.9. The highest BCUT2D eigenvalue weighted by Crippen LogP contribution is 2.28. The summed E-state index contributed by atoms with van der Waals surface area (Å²) in [6.07, 6.45) is 5.59. The molecule has 1 fully saturated rings. The number of thioether (sulfide) groups is 1. The number of hydrogen-bond donors (Lipinski definition) is 4. The van der Waals surface area contributed by atoms with E-state index in [9.17, 15) is 24.3 Å². The van der Waals surface area contributed by atoms with E-state index in [1.165, 1.54) is 21.6 Å². The molecular formula is C23H37N3O6S3. The van der Waals surface area contributed by atoms with Gasteiger partial charge < -0.3 is 25.8 Å². The first-order valence-corrected chi connectivity index (χ1v) is 15.7. The Kier molecular flexibility index (Phi) is 13.4. The van der Waals surface area contributed by atoms with Crippen LogP contribution >= 0.6 is 33.3 Å². The van der Waals surface area contributed by atoms with Crippen molar-refractivity contribution in [2.75, 3.05) is 17.8 Å². The summed E-state index contributed by atoms with van der Waals surface area (Å²) < 4.78 is 5.54. The quantitative estimate of drug-likeness (QED) is 0.232. The average molecular weight is 548 g/mol. The number of amides is 3. The van der Waals surface area contributed by atoms with Gasteiger partial charge in [-0.1, -0.05) is 47.9 Å². The molecule has 3 amide bonds. The van der Waals surface area contributed by atoms with Gasteiger partial charge in [-0.3, -0.25) is 19.2 Å². The van der Waals surface area contributed by atoms with Crippen molar-refractivity contribution in [3.8, 4) is 0 Å². The summed E-state index contributed by atoms with van der Waals surface area (Å²) in [5.74, 6) is -0.739. The van der Waals surface area contributed by atoms with Crippen LogP contribution in [0.4, 0.5) is 0 Å². The van der Waals surface area contributed by atoms with Crippen molar-refractivity contribution >= 4 is 57.0 Å². The predicted octanol–water partition coefficient (Wildman–Crippen LogP) is 2.00. The zero-order chi connectivity index (χ0) is 25.8. The first-order chi connectivity index (χ1) is 16.7. The molecule has 0 saturated carbocycles. The van der Waals surface area contributed by atoms with Crippen LogP contribution in [0.15, 0.2) is 12.2 Å². The van der Waals surface area contributed by atoms with E-state index in [0.717, 1.165) is 12.2 Å². The smallest absolute Gasteiger partial charge is 0.309 e. The minimum Gasteiger partial charge on any atom is -0.457 e. The van der Waals surface area contributed by atoms with Gasteiger partial charge in [0.1, 0.15) is 12.1 Å². The molecule has 0 aromatic rings. The lowest BCUT2D eigenvalue weighted by molar-refractivity contribution is -0.151. The first-order valence-electron chi connectivity index (χ1n) is 12.0. The molecule has 198 valence electrons. The highest BCUT2D eigenvalue weighted by atomic mass is 33.1. The molecule has 0 aromatic heterocycles. The fraction of sp³-hybridized carbons (Fsp3) is 0.739. The van der Waals surface area contributed by atoms with E-state index in [-0.39, 0.29) is 18.8 Å². The summed E-state index contributed by atoms with van der Waals surface area (Å²) in [5, 5.41) is 18.3. The molecule has 2 heterocycles. The zero-order valence-corrected chi connectivity index (χ0v) is 22.9. The summed E-state index contributed by atoms with van der Waals surface area (Å²) in [7, 11) is 2.73. The molecule has 12 heteroatoms. The number of esters is 1. The van der Waals surface area contributed by atoms with Crippen LogP contribution < -0.4 is 16.0 Å². The molecule has 6 atom stereocenters. The van der Waals surface area contributed by atoms with Gasteiger partial charge in [0.25, 0.3) is 5.91 Å². The van der Waals surface area contributed by atoms with Crippen LogP contribution in [0.2, 0.25) is 0 Å². The zero-order valence-electron chi connectivity index (χ0n) is 20.5. The normalized spacial score (nSPS) is 31.5. The van der Waals surface area contributed by atoms with Crippen LogP contribution in [-0.2, 0) is 23.9 Å². The van der Waals surface area contributed by atoms with Gasteiger partial charge in [-0.05, 0) is 43.3 Å². The Morgan fingerprint density at radius 3 is 2.66 bits per heavy atom. The minimum absolute atomic E-state index is 0.126. The molecule has 4 N–H and O–H groups in total. The van der Waals surface area contributed by atoms with E-state index in [1.54, 1.807) is 17.8 Å². The number of aliphatic hydroxyl groups excluding tert-OH is 1. The van der Waals surface area contributed by atoms with Crippen molar-refractivity contribution in [3.05, 3.63) is 12.2 Å². The lowest BCUT2D eigenvalue weighted by Gasteiger charge is -2.30. The van der Waals surface area contributed by atoms with Gasteiger partial charge in [0.2, 0.25) is 11.8 Å². The van der Waals surface area contributed by atoms with Gasteiger partial charge >= 0.3 is 5.97 Å². The Bertz CT molecular complexity index is 769. The third kappa shape index (κ3) is 10.3. The fourth-order valence-corrected chi connectivity index (χ4v) is 6.47. The van der Waals surface area contributed by atoms with E-state index < -0.39 is 53.4 Å². The standard InChI is InChI=1S/C23H37N3O6S3/c1-4-14(2)20-17(27)13-19(29)32-15-8-6-5-7-10-34-35-23(22(31)25-20)26-21(30)16(9-11-33-3)24-18(28)12-15/h6,8,14-17,20,23,27H,4-5,7,9-13H2,1-3H3,(H,24,28)(H,25,31)(H,26,30)/b8-6-/t14-,15+,16-,17-,20-,23+/m0/s1. The van der Waals surface area contributed by atoms with Crippen LogP contribution in [0.1, 0.15) is 52.4 Å². The summed E-state index contributed by atoms with van der Waals surface area (Å²) >= 11 is 1.55. The summed E-state index contributed by atoms with van der Waals surface area (Å²) in [6, 6.07) is -1.54. The predicted molar refractivity (Wildman–Crippen MR) is 142 cm³/mol. The molecule has 0 unspecified atom stereocenters. The second kappa shape index (κ2) is 15.7. The number of hydrogen-bond acceptors (Lipinski definition) is 9. The highest BCUT2D eigenvalue weighted by Gasteiger charge is 2.34. The van der Waals surface area contributed by atoms with E-state index in [0.29, 0.717) is 25.0 Å². The Morgan fingerprint density at radius 1 is 1.17 bits per heavy atom. The summed E-state index contributed by atoms with van der Waals surface area (Å²) in [6.45, 7) is 3.82. The fourth-order valence-electron chi connectivity index (χ4n) is 3.70. The maximum Gasteiger partial charge on any atom is 0.309 e.